The first-order valence-electron chi connectivity index (χ1n) is 13.8. The number of aliphatic carboxylic acids is 1. The number of H-pyrrole nitrogens is 1. The van der Waals surface area contributed by atoms with Crippen LogP contribution in [0.5, 0.6) is 0 Å². The van der Waals surface area contributed by atoms with Gasteiger partial charge < -0.3 is 48.6 Å². The van der Waals surface area contributed by atoms with Crippen LogP contribution in [0.3, 0.4) is 0 Å². The largest absolute Gasteiger partial charge is 0.480 e. The molecule has 1 aliphatic heterocycles. The number of para-hydroxylation sites is 1. The maximum Gasteiger partial charge on any atom is 0.326 e. The van der Waals surface area contributed by atoms with Gasteiger partial charge in [0.2, 0.25) is 23.6 Å². The Hall–Kier alpha value is -4.66. The zero-order valence-electron chi connectivity index (χ0n) is 23.2. The van der Waals surface area contributed by atoms with Crippen LogP contribution in [0.2, 0.25) is 0 Å². The van der Waals surface area contributed by atoms with Crippen molar-refractivity contribution in [2.75, 3.05) is 13.1 Å². The molecule has 15 heteroatoms. The van der Waals surface area contributed by atoms with Gasteiger partial charge in [0.15, 0.2) is 5.96 Å². The fourth-order valence-electron chi connectivity index (χ4n) is 4.77. The lowest BCUT2D eigenvalue weighted by atomic mass is 10.0. The number of aromatic nitrogens is 1. The Labute approximate surface area is 242 Å². The van der Waals surface area contributed by atoms with Crippen molar-refractivity contribution in [1.82, 2.24) is 26.3 Å². The van der Waals surface area contributed by atoms with E-state index in [9.17, 15) is 29.1 Å². The molecule has 0 saturated carbocycles. The SMILES string of the molecule is NC(=O)CCC(NC(=O)C(CCCN=C(N)N)NC(=O)C(Cc1c[nH]c2ccccc12)NC(=O)C1CCCN1)C(=O)O. The minimum Gasteiger partial charge on any atom is -0.480 e. The predicted molar refractivity (Wildman–Crippen MR) is 155 cm³/mol. The number of fused-ring (bicyclic) bond motifs is 1. The number of primary amides is 1. The Kier molecular flexibility index (Phi) is 11.7. The van der Waals surface area contributed by atoms with Crippen molar-refractivity contribution in [3.05, 3.63) is 36.0 Å². The van der Waals surface area contributed by atoms with Gasteiger partial charge in [-0.25, -0.2) is 4.79 Å². The van der Waals surface area contributed by atoms with E-state index in [1.165, 1.54) is 0 Å². The first-order valence-corrected chi connectivity index (χ1v) is 13.8. The second kappa shape index (κ2) is 15.4. The Morgan fingerprint density at radius 2 is 1.69 bits per heavy atom. The standard InChI is InChI=1S/C27H39N9O6/c28-22(37)10-9-20(26(41)42)35-24(39)19(8-4-12-32-27(29)30)34-25(40)21(36-23(38)18-7-3-11-31-18)13-15-14-33-17-6-2-1-5-16(15)17/h1-2,5-6,14,18-21,31,33H,3-4,7-13H2,(H2,28,37)(H,34,40)(H,35,39)(H,36,38)(H,41,42)(H4,29,30,32). The zero-order valence-corrected chi connectivity index (χ0v) is 23.2. The number of aromatic amines is 1. The summed E-state index contributed by atoms with van der Waals surface area (Å²) in [4.78, 5) is 69.8. The molecule has 1 aliphatic rings. The second-order valence-corrected chi connectivity index (χ2v) is 10.2. The van der Waals surface area contributed by atoms with Crippen molar-refractivity contribution in [2.45, 2.75) is 69.1 Å². The third-order valence-electron chi connectivity index (χ3n) is 6.98. The highest BCUT2D eigenvalue weighted by Crippen LogP contribution is 2.19. The number of benzene rings is 1. The number of nitrogens with zero attached hydrogens (tertiary/aromatic N) is 1. The Morgan fingerprint density at radius 3 is 2.36 bits per heavy atom. The van der Waals surface area contributed by atoms with Crippen LogP contribution < -0.4 is 38.5 Å². The van der Waals surface area contributed by atoms with Gasteiger partial charge in [-0.3, -0.25) is 24.2 Å². The van der Waals surface area contributed by atoms with Crippen molar-refractivity contribution < 1.29 is 29.1 Å². The van der Waals surface area contributed by atoms with Crippen LogP contribution in [0, 0.1) is 0 Å². The van der Waals surface area contributed by atoms with E-state index in [0.717, 1.165) is 22.9 Å². The van der Waals surface area contributed by atoms with Crippen molar-refractivity contribution in [1.29, 1.82) is 0 Å². The summed E-state index contributed by atoms with van der Waals surface area (Å²) in [6, 6.07) is 3.45. The highest BCUT2D eigenvalue weighted by molar-refractivity contribution is 5.95. The molecule has 0 aliphatic carbocycles. The molecule has 42 heavy (non-hydrogen) atoms. The zero-order chi connectivity index (χ0) is 30.6. The average molecular weight is 586 g/mol. The number of nitrogens with one attached hydrogen (secondary N) is 5. The van der Waals surface area contributed by atoms with E-state index in [1.54, 1.807) is 6.20 Å². The van der Waals surface area contributed by atoms with Crippen LogP contribution in [-0.4, -0.2) is 82.9 Å². The molecule has 2 aromatic rings. The van der Waals surface area contributed by atoms with E-state index in [-0.39, 0.29) is 50.5 Å². The number of amides is 4. The summed E-state index contributed by atoms with van der Waals surface area (Å²) in [5.41, 5.74) is 17.5. The number of carboxylic acids is 1. The maximum atomic E-state index is 13.7. The van der Waals surface area contributed by atoms with Gasteiger partial charge in [0, 0.05) is 36.5 Å². The number of carbonyl (C=O) groups excluding carboxylic acids is 4. The first-order chi connectivity index (χ1) is 20.0. The molecule has 12 N–H and O–H groups in total. The summed E-state index contributed by atoms with van der Waals surface area (Å²) in [7, 11) is 0. The average Bonchev–Trinajstić information content (AvgIpc) is 3.62. The summed E-state index contributed by atoms with van der Waals surface area (Å²) in [5, 5.41) is 21.4. The number of aliphatic imine (C=N–C) groups is 1. The van der Waals surface area contributed by atoms with Crippen LogP contribution in [0.15, 0.2) is 35.5 Å². The van der Waals surface area contributed by atoms with Crippen LogP contribution in [-0.2, 0) is 30.4 Å². The topological polar surface area (TPSA) is 260 Å². The number of guanidine groups is 1. The third-order valence-corrected chi connectivity index (χ3v) is 6.98. The maximum absolute atomic E-state index is 13.7. The first kappa shape index (κ1) is 31.9. The molecule has 0 spiro atoms. The lowest BCUT2D eigenvalue weighted by Crippen LogP contribution is -2.57. The molecule has 4 atom stereocenters. The van der Waals surface area contributed by atoms with Crippen molar-refractivity contribution >= 4 is 46.5 Å². The minimum absolute atomic E-state index is 0.0639. The Balaban J connectivity index is 1.81. The lowest BCUT2D eigenvalue weighted by molar-refractivity contribution is -0.142. The molecule has 2 heterocycles. The molecule has 1 aromatic carbocycles. The smallest absolute Gasteiger partial charge is 0.326 e. The summed E-state index contributed by atoms with van der Waals surface area (Å²) < 4.78 is 0. The van der Waals surface area contributed by atoms with Gasteiger partial charge in [0.25, 0.3) is 0 Å². The molecule has 15 nitrogen and oxygen atoms in total. The summed E-state index contributed by atoms with van der Waals surface area (Å²) >= 11 is 0. The predicted octanol–water partition coefficient (Wildman–Crippen LogP) is -1.68. The van der Waals surface area contributed by atoms with Crippen LogP contribution in [0.25, 0.3) is 10.9 Å². The number of hydrogen-bond donors (Lipinski definition) is 9. The molecule has 4 amide bonds. The van der Waals surface area contributed by atoms with Crippen LogP contribution in [0.1, 0.15) is 44.1 Å². The van der Waals surface area contributed by atoms with Gasteiger partial charge in [-0.2, -0.15) is 0 Å². The Morgan fingerprint density at radius 1 is 0.976 bits per heavy atom. The van der Waals surface area contributed by atoms with E-state index in [2.05, 4.69) is 31.2 Å². The summed E-state index contributed by atoms with van der Waals surface area (Å²) in [6.45, 7) is 0.852. The van der Waals surface area contributed by atoms with E-state index in [0.29, 0.717) is 13.0 Å². The number of carbonyl (C=O) groups is 5. The molecule has 1 saturated heterocycles. The van der Waals surface area contributed by atoms with E-state index in [1.807, 2.05) is 24.3 Å². The fraction of sp³-hybridized carbons (Fsp3) is 0.481. The van der Waals surface area contributed by atoms with Gasteiger partial charge in [0.05, 0.1) is 6.04 Å². The van der Waals surface area contributed by atoms with Crippen LogP contribution >= 0.6 is 0 Å². The lowest BCUT2D eigenvalue weighted by Gasteiger charge is -2.25. The minimum atomic E-state index is -1.41. The van der Waals surface area contributed by atoms with E-state index < -0.39 is 47.9 Å². The third kappa shape index (κ3) is 9.47. The quantitative estimate of drug-likeness (QED) is 0.0618. The molecule has 1 fully saturated rings. The Bertz CT molecular complexity index is 1300. The molecule has 3 rings (SSSR count). The second-order valence-electron chi connectivity index (χ2n) is 10.2. The van der Waals surface area contributed by atoms with Crippen molar-refractivity contribution in [3.8, 4) is 0 Å². The summed E-state index contributed by atoms with van der Waals surface area (Å²) in [6.07, 6.45) is 3.22. The molecule has 0 bridgehead atoms. The molecule has 228 valence electrons. The molecule has 4 unspecified atom stereocenters. The number of rotatable bonds is 16. The normalized spacial score (nSPS) is 16.6. The van der Waals surface area contributed by atoms with Crippen molar-refractivity contribution in [3.63, 3.8) is 0 Å². The highest BCUT2D eigenvalue weighted by Gasteiger charge is 2.32. The van der Waals surface area contributed by atoms with Gasteiger partial charge in [-0.1, -0.05) is 18.2 Å². The molecule has 1 aromatic heterocycles. The number of hydrogen-bond acceptors (Lipinski definition) is 7. The number of carboxylic acid groups (broad SMARTS) is 1. The number of nitrogens with two attached hydrogens (primary N) is 3. The highest BCUT2D eigenvalue weighted by atomic mass is 16.4. The van der Waals surface area contributed by atoms with Gasteiger partial charge in [0.1, 0.15) is 18.1 Å². The fourth-order valence-corrected chi connectivity index (χ4v) is 4.77. The molecular formula is C27H39N9O6. The van der Waals surface area contributed by atoms with Gasteiger partial charge in [-0.05, 0) is 50.3 Å². The van der Waals surface area contributed by atoms with E-state index >= 15 is 0 Å². The summed E-state index contributed by atoms with van der Waals surface area (Å²) in [5.74, 6) is -3.95. The van der Waals surface area contributed by atoms with E-state index in [4.69, 9.17) is 17.2 Å². The molecule has 0 radical (unpaired) electrons. The van der Waals surface area contributed by atoms with Gasteiger partial charge >= 0.3 is 5.97 Å². The van der Waals surface area contributed by atoms with Gasteiger partial charge in [-0.15, -0.1) is 0 Å². The molecular weight excluding hydrogens is 546 g/mol. The van der Waals surface area contributed by atoms with Crippen molar-refractivity contribution in [2.24, 2.45) is 22.2 Å². The van der Waals surface area contributed by atoms with Crippen LogP contribution in [0.4, 0.5) is 0 Å². The monoisotopic (exact) mass is 585 g/mol.